The van der Waals surface area contributed by atoms with Gasteiger partial charge in [-0.1, -0.05) is 23.7 Å². The molecule has 0 saturated carbocycles. The highest BCUT2D eigenvalue weighted by Gasteiger charge is 2.09. The number of halogens is 1. The second-order valence-corrected chi connectivity index (χ2v) is 6.53. The number of ether oxygens (including phenoxy) is 1. The SMILES string of the molecule is COc1ccc(NC(=O)C[S@@](=O)Cc2ccc(Cl)cc2)cc1. The van der Waals surface area contributed by atoms with E-state index in [2.05, 4.69) is 5.32 Å². The van der Waals surface area contributed by atoms with Gasteiger partial charge in [0.05, 0.1) is 7.11 Å². The van der Waals surface area contributed by atoms with Crippen molar-refractivity contribution in [3.05, 3.63) is 59.1 Å². The molecule has 0 aliphatic rings. The first-order chi connectivity index (χ1) is 10.6. The van der Waals surface area contributed by atoms with Crippen molar-refractivity contribution in [2.45, 2.75) is 5.75 Å². The molecule has 2 aromatic carbocycles. The van der Waals surface area contributed by atoms with Crippen molar-refractivity contribution in [1.29, 1.82) is 0 Å². The van der Waals surface area contributed by atoms with Crippen LogP contribution in [0.5, 0.6) is 5.75 Å². The van der Waals surface area contributed by atoms with Crippen molar-refractivity contribution in [3.8, 4) is 5.75 Å². The molecule has 0 aliphatic heterocycles. The second kappa shape index (κ2) is 7.96. The Morgan fingerprint density at radius 1 is 1.14 bits per heavy atom. The van der Waals surface area contributed by atoms with Crippen LogP contribution in [0, 0.1) is 0 Å². The van der Waals surface area contributed by atoms with Crippen LogP contribution in [0.2, 0.25) is 5.02 Å². The zero-order valence-corrected chi connectivity index (χ0v) is 13.6. The molecule has 0 saturated heterocycles. The lowest BCUT2D eigenvalue weighted by molar-refractivity contribution is -0.113. The Morgan fingerprint density at radius 3 is 2.36 bits per heavy atom. The highest BCUT2D eigenvalue weighted by atomic mass is 35.5. The fourth-order valence-corrected chi connectivity index (χ4v) is 2.99. The molecule has 0 fully saturated rings. The number of hydrogen-bond donors (Lipinski definition) is 1. The van der Waals surface area contributed by atoms with E-state index in [9.17, 15) is 9.00 Å². The molecule has 6 heteroatoms. The number of carbonyl (C=O) groups is 1. The summed E-state index contributed by atoms with van der Waals surface area (Å²) in [5.74, 6) is 0.712. The van der Waals surface area contributed by atoms with Gasteiger partial charge in [0.15, 0.2) is 0 Å². The molecule has 22 heavy (non-hydrogen) atoms. The van der Waals surface area contributed by atoms with Crippen molar-refractivity contribution >= 4 is 34.0 Å². The largest absolute Gasteiger partial charge is 0.497 e. The first-order valence-corrected chi connectivity index (χ1v) is 8.47. The Hall–Kier alpha value is -1.85. The van der Waals surface area contributed by atoms with E-state index in [0.717, 1.165) is 5.56 Å². The van der Waals surface area contributed by atoms with Crippen LogP contribution in [0.25, 0.3) is 0 Å². The average Bonchev–Trinajstić information content (AvgIpc) is 2.50. The Labute approximate surface area is 136 Å². The van der Waals surface area contributed by atoms with E-state index in [4.69, 9.17) is 16.3 Å². The molecular weight excluding hydrogens is 322 g/mol. The standard InChI is InChI=1S/C16H16ClNO3S/c1-21-15-8-6-14(7-9-15)18-16(19)11-22(20)10-12-2-4-13(17)5-3-12/h2-9H,10-11H2,1H3,(H,18,19)/t22-/m0/s1. The first-order valence-electron chi connectivity index (χ1n) is 6.60. The summed E-state index contributed by atoms with van der Waals surface area (Å²) < 4.78 is 17.0. The third-order valence-electron chi connectivity index (χ3n) is 2.91. The molecule has 0 aromatic heterocycles. The maximum absolute atomic E-state index is 12.0. The highest BCUT2D eigenvalue weighted by Crippen LogP contribution is 2.15. The molecule has 2 aromatic rings. The minimum atomic E-state index is -1.27. The minimum absolute atomic E-state index is 0.0470. The third-order valence-corrected chi connectivity index (χ3v) is 4.40. The van der Waals surface area contributed by atoms with E-state index >= 15 is 0 Å². The van der Waals surface area contributed by atoms with Gasteiger partial charge in [-0.25, -0.2) is 0 Å². The van der Waals surface area contributed by atoms with Crippen molar-refractivity contribution in [3.63, 3.8) is 0 Å². The van der Waals surface area contributed by atoms with E-state index in [1.807, 2.05) is 12.1 Å². The van der Waals surface area contributed by atoms with Crippen LogP contribution in [0.1, 0.15) is 5.56 Å². The van der Waals surface area contributed by atoms with Gasteiger partial charge in [0.1, 0.15) is 11.5 Å². The summed E-state index contributed by atoms with van der Waals surface area (Å²) in [5.41, 5.74) is 1.54. The summed E-state index contributed by atoms with van der Waals surface area (Å²) in [7, 11) is 0.310. The van der Waals surface area contributed by atoms with Crippen LogP contribution in [0.4, 0.5) is 5.69 Å². The lowest BCUT2D eigenvalue weighted by Gasteiger charge is -2.06. The van der Waals surface area contributed by atoms with Gasteiger partial charge >= 0.3 is 0 Å². The van der Waals surface area contributed by atoms with Gasteiger partial charge in [0.25, 0.3) is 0 Å². The number of carbonyl (C=O) groups excluding carboxylic acids is 1. The lowest BCUT2D eigenvalue weighted by Crippen LogP contribution is -2.20. The van der Waals surface area contributed by atoms with E-state index in [0.29, 0.717) is 22.2 Å². The monoisotopic (exact) mass is 337 g/mol. The minimum Gasteiger partial charge on any atom is -0.497 e. The fraction of sp³-hybridized carbons (Fsp3) is 0.188. The molecule has 1 atom stereocenters. The van der Waals surface area contributed by atoms with Crippen molar-refractivity contribution in [2.24, 2.45) is 0 Å². The molecule has 1 N–H and O–H groups in total. The number of benzene rings is 2. The summed E-state index contributed by atoms with van der Waals surface area (Å²) in [6.07, 6.45) is 0. The third kappa shape index (κ3) is 5.16. The summed E-state index contributed by atoms with van der Waals surface area (Å²) in [6, 6.07) is 14.1. The number of nitrogens with one attached hydrogen (secondary N) is 1. The number of hydrogen-bond acceptors (Lipinski definition) is 3. The maximum Gasteiger partial charge on any atom is 0.237 e. The number of rotatable bonds is 6. The number of methoxy groups -OCH3 is 1. The Balaban J connectivity index is 1.85. The first kappa shape index (κ1) is 16.5. The van der Waals surface area contributed by atoms with E-state index in [1.54, 1.807) is 43.5 Å². The topological polar surface area (TPSA) is 55.4 Å². The van der Waals surface area contributed by atoms with Gasteiger partial charge in [-0.3, -0.25) is 9.00 Å². The molecule has 0 heterocycles. The predicted molar refractivity (Wildman–Crippen MR) is 89.8 cm³/mol. The Bertz CT molecular complexity index is 656. The highest BCUT2D eigenvalue weighted by molar-refractivity contribution is 7.84. The van der Waals surface area contributed by atoms with Gasteiger partial charge in [-0.05, 0) is 42.0 Å². The molecule has 2 rings (SSSR count). The van der Waals surface area contributed by atoms with Crippen LogP contribution in [0.3, 0.4) is 0 Å². The van der Waals surface area contributed by atoms with Crippen molar-refractivity contribution in [1.82, 2.24) is 0 Å². The lowest BCUT2D eigenvalue weighted by atomic mass is 10.2. The van der Waals surface area contributed by atoms with Gasteiger partial charge in [-0.2, -0.15) is 0 Å². The molecule has 0 unspecified atom stereocenters. The number of anilines is 1. The van der Waals surface area contributed by atoms with E-state index in [-0.39, 0.29) is 11.7 Å². The van der Waals surface area contributed by atoms with Crippen LogP contribution in [-0.4, -0.2) is 23.0 Å². The molecule has 1 amide bonds. The summed E-state index contributed by atoms with van der Waals surface area (Å²) in [4.78, 5) is 11.9. The van der Waals surface area contributed by atoms with Gasteiger partial charge in [0.2, 0.25) is 5.91 Å². The maximum atomic E-state index is 12.0. The molecule has 0 spiro atoms. The smallest absolute Gasteiger partial charge is 0.237 e. The van der Waals surface area contributed by atoms with Crippen LogP contribution >= 0.6 is 11.6 Å². The van der Waals surface area contributed by atoms with Crippen LogP contribution in [0.15, 0.2) is 48.5 Å². The second-order valence-electron chi connectivity index (χ2n) is 4.63. The molecule has 0 bridgehead atoms. The van der Waals surface area contributed by atoms with E-state index < -0.39 is 10.8 Å². The van der Waals surface area contributed by atoms with Gasteiger partial charge in [0, 0.05) is 27.3 Å². The fourth-order valence-electron chi connectivity index (χ4n) is 1.84. The van der Waals surface area contributed by atoms with Gasteiger partial charge < -0.3 is 10.1 Å². The zero-order chi connectivity index (χ0) is 15.9. The summed E-state index contributed by atoms with van der Waals surface area (Å²) in [5, 5.41) is 3.34. The predicted octanol–water partition coefficient (Wildman–Crippen LogP) is 3.24. The molecular formula is C16H16ClNO3S. The Morgan fingerprint density at radius 2 is 1.77 bits per heavy atom. The molecule has 0 radical (unpaired) electrons. The van der Waals surface area contributed by atoms with Crippen molar-refractivity contribution in [2.75, 3.05) is 18.2 Å². The number of amides is 1. The van der Waals surface area contributed by atoms with Crippen LogP contribution in [-0.2, 0) is 21.3 Å². The summed E-state index contributed by atoms with van der Waals surface area (Å²) in [6.45, 7) is 0. The average molecular weight is 338 g/mol. The quantitative estimate of drug-likeness (QED) is 0.880. The molecule has 116 valence electrons. The van der Waals surface area contributed by atoms with Crippen molar-refractivity contribution < 1.29 is 13.7 Å². The van der Waals surface area contributed by atoms with E-state index in [1.165, 1.54) is 0 Å². The summed E-state index contributed by atoms with van der Waals surface area (Å²) >= 11 is 5.80. The molecule has 4 nitrogen and oxygen atoms in total. The normalized spacial score (nSPS) is 11.7. The van der Waals surface area contributed by atoms with Crippen LogP contribution < -0.4 is 10.1 Å². The Kier molecular flexibility index (Phi) is 5.98. The molecule has 0 aliphatic carbocycles. The van der Waals surface area contributed by atoms with Gasteiger partial charge in [-0.15, -0.1) is 0 Å². The zero-order valence-electron chi connectivity index (χ0n) is 12.0.